The van der Waals surface area contributed by atoms with E-state index < -0.39 is 5.97 Å². The van der Waals surface area contributed by atoms with Crippen LogP contribution in [-0.4, -0.2) is 45.8 Å². The predicted octanol–water partition coefficient (Wildman–Crippen LogP) is 7.19. The summed E-state index contributed by atoms with van der Waals surface area (Å²) in [5, 5.41) is 10.7. The van der Waals surface area contributed by atoms with Gasteiger partial charge in [0.2, 0.25) is 7.05 Å². The van der Waals surface area contributed by atoms with E-state index in [4.69, 9.17) is 27.2 Å². The van der Waals surface area contributed by atoms with Gasteiger partial charge in [-0.15, -0.1) is 24.0 Å². The second-order valence-corrected chi connectivity index (χ2v) is 27.2. The Balaban J connectivity index is 0. The molecule has 0 aliphatic carbocycles. The topological polar surface area (TPSA) is 127 Å². The summed E-state index contributed by atoms with van der Waals surface area (Å²) in [6.07, 6.45) is 8.08. The number of hydrogen-bond donors (Lipinski definition) is 3. The van der Waals surface area contributed by atoms with E-state index in [1.807, 2.05) is 67.8 Å². The zero-order valence-corrected chi connectivity index (χ0v) is 39.0. The van der Waals surface area contributed by atoms with Crippen LogP contribution >= 0.6 is 93.1 Å². The summed E-state index contributed by atoms with van der Waals surface area (Å²) in [5.74, 6) is 0.783. The van der Waals surface area contributed by atoms with Crippen molar-refractivity contribution in [2.45, 2.75) is 32.6 Å². The number of carbonyl (C=O) groups is 2. The second-order valence-electron chi connectivity index (χ2n) is 9.11. The molecule has 5 rings (SSSR count). The molecule has 0 aliphatic heterocycles. The molecule has 0 spiro atoms. The molecular formula is C34H39Br2I4N6O3+. The zero-order chi connectivity index (χ0) is 36.2. The Kier molecular flexibility index (Phi) is 32.6. The van der Waals surface area contributed by atoms with Crippen molar-refractivity contribution in [2.75, 3.05) is 25.1 Å². The summed E-state index contributed by atoms with van der Waals surface area (Å²) in [7, 11) is 3.36. The maximum absolute atomic E-state index is 9.98. The molecule has 0 bridgehead atoms. The van der Waals surface area contributed by atoms with Gasteiger partial charge in [0.1, 0.15) is 23.6 Å². The Morgan fingerprint density at radius 1 is 0.980 bits per heavy atom. The largest absolute Gasteiger partial charge is 0.481 e. The van der Waals surface area contributed by atoms with Gasteiger partial charge in [0, 0.05) is 41.7 Å². The molecule has 3 heterocycles. The van der Waals surface area contributed by atoms with Crippen molar-refractivity contribution in [2.24, 2.45) is 0 Å². The molecule has 0 fully saturated rings. The van der Waals surface area contributed by atoms with Crippen LogP contribution in [0.2, 0.25) is 0 Å². The number of pyridine rings is 2. The van der Waals surface area contributed by atoms with Crippen molar-refractivity contribution >= 4 is 123 Å². The van der Waals surface area contributed by atoms with Gasteiger partial charge in [-0.1, -0.05) is 60.7 Å². The molecule has 0 aliphatic rings. The molecule has 5 aromatic rings. The summed E-state index contributed by atoms with van der Waals surface area (Å²) in [4.78, 5) is 30.3. The molecular weight excluding hydrogens is 1210 g/mol. The summed E-state index contributed by atoms with van der Waals surface area (Å²) in [6, 6.07) is 28.2. The number of aryl methyl sites for hydroxylation is 3. The van der Waals surface area contributed by atoms with Crippen LogP contribution in [0, 0.1) is 6.57 Å². The lowest BCUT2D eigenvalue weighted by Crippen LogP contribution is -3.46. The van der Waals surface area contributed by atoms with Crippen molar-refractivity contribution in [1.82, 2.24) is 14.4 Å². The molecule has 264 valence electrons. The van der Waals surface area contributed by atoms with Crippen LogP contribution in [0.1, 0.15) is 30.2 Å². The number of aliphatic carboxylic acids is 1. The minimum atomic E-state index is -0.833. The normalized spacial score (nSPS) is 8.86. The smallest absolute Gasteiger partial charge is 0.421 e. The lowest BCUT2D eigenvalue weighted by atomic mass is 10.1. The van der Waals surface area contributed by atoms with Gasteiger partial charge in [-0.25, -0.2) is 16.5 Å². The molecule has 4 N–H and O–H groups in total. The highest BCUT2D eigenvalue weighted by molar-refractivity contribution is 14.2. The average molecular weight is 1250 g/mol. The number of halogens is 6. The number of benzene rings is 2. The molecule has 15 heteroatoms. The van der Waals surface area contributed by atoms with E-state index in [1.165, 1.54) is 18.2 Å². The summed E-state index contributed by atoms with van der Waals surface area (Å²) in [6.45, 7) is 6.92. The Labute approximate surface area is 352 Å². The fourth-order valence-corrected chi connectivity index (χ4v) is 4.24. The molecule has 0 amide bonds. The summed E-state index contributed by atoms with van der Waals surface area (Å²) >= 11 is 12.0. The van der Waals surface area contributed by atoms with E-state index in [9.17, 15) is 4.79 Å². The highest BCUT2D eigenvalue weighted by Gasteiger charge is 2.11. The van der Waals surface area contributed by atoms with Gasteiger partial charge in [-0.2, -0.15) is 0 Å². The minimum Gasteiger partial charge on any atom is -0.481 e. The number of nitrogens with two attached hydrogens (primary N) is 1. The van der Waals surface area contributed by atoms with Crippen molar-refractivity contribution in [1.29, 1.82) is 0 Å². The van der Waals surface area contributed by atoms with Gasteiger partial charge in [-0.3, -0.25) is 9.20 Å². The number of rotatable bonds is 7. The predicted molar refractivity (Wildman–Crippen MR) is 233 cm³/mol. The van der Waals surface area contributed by atoms with Crippen LogP contribution in [-0.2, 0) is 28.9 Å². The maximum Gasteiger partial charge on any atom is 0.421 e. The van der Waals surface area contributed by atoms with Crippen LogP contribution < -0.4 is 24.3 Å². The number of anilines is 2. The Morgan fingerprint density at radius 3 is 1.90 bits per heavy atom. The number of fused-ring (bicyclic) bond motifs is 1. The Bertz CT molecular complexity index is 1600. The van der Waals surface area contributed by atoms with Crippen LogP contribution in [0.15, 0.2) is 106 Å². The third-order valence-corrected chi connectivity index (χ3v) is 6.47. The van der Waals surface area contributed by atoms with Crippen molar-refractivity contribution in [3.05, 3.63) is 135 Å². The molecule has 0 unspecified atom stereocenters. The molecule has 3 aromatic heterocycles. The highest BCUT2D eigenvalue weighted by atomic mass is 128. The average Bonchev–Trinajstić information content (AvgIpc) is 3.43. The molecule has 0 saturated carbocycles. The lowest BCUT2D eigenvalue weighted by Gasteiger charge is -2.04. The van der Waals surface area contributed by atoms with Gasteiger partial charge in [0.05, 0.1) is 5.69 Å². The SMILES string of the molecule is CC(=O)O.CNc1c(CCc2ccccc2)nc2ccc(Br)cn12.I.I[I+]I.Nc1ccc(Br)cn1.O=CCCc1ccccc1.[C-]#[N+]C. The second kappa shape index (κ2) is 32.3. The number of nitrogens with zero attached hydrogens (tertiary/aromatic N) is 4. The van der Waals surface area contributed by atoms with Gasteiger partial charge in [0.25, 0.3) is 43.2 Å². The third-order valence-electron chi connectivity index (χ3n) is 5.53. The van der Waals surface area contributed by atoms with E-state index in [0.29, 0.717) is 25.5 Å². The van der Waals surface area contributed by atoms with Crippen molar-refractivity contribution in [3.8, 4) is 0 Å². The molecule has 9 nitrogen and oxygen atoms in total. The zero-order valence-electron chi connectivity index (χ0n) is 27.1. The van der Waals surface area contributed by atoms with Crippen LogP contribution in [0.5, 0.6) is 0 Å². The van der Waals surface area contributed by atoms with Gasteiger partial charge >= 0.3 is 13.3 Å². The van der Waals surface area contributed by atoms with E-state index in [1.54, 1.807) is 12.3 Å². The first-order valence-electron chi connectivity index (χ1n) is 14.1. The van der Waals surface area contributed by atoms with E-state index in [0.717, 1.165) is 58.6 Å². The van der Waals surface area contributed by atoms with Crippen molar-refractivity contribution in [3.63, 3.8) is 0 Å². The Hall–Kier alpha value is -1.61. The number of nitrogens with one attached hydrogen (secondary N) is 1. The minimum absolute atomic E-state index is 0. The lowest BCUT2D eigenvalue weighted by molar-refractivity contribution is -0.141. The maximum atomic E-state index is 9.98. The van der Waals surface area contributed by atoms with Gasteiger partial charge in [-0.05, 0) is 86.5 Å². The number of hydrogen-bond acceptors (Lipinski definition) is 6. The number of carboxylic acid groups (broad SMARTS) is 1. The molecule has 49 heavy (non-hydrogen) atoms. The number of imidazole rings is 1. The first kappa shape index (κ1) is 49.5. The molecule has 0 radical (unpaired) electrons. The van der Waals surface area contributed by atoms with Crippen LogP contribution in [0.3, 0.4) is 0 Å². The van der Waals surface area contributed by atoms with E-state index >= 15 is 0 Å². The standard InChI is InChI=1S/C16H16BrN3.C9H10O.C5H5BrN2.C2H3N.C2H4O2.I3.HI/c1-18-16-14(9-7-12-5-3-2-4-6-12)19-15-10-8-13(17)11-20(15)16;10-8-4-7-9-5-2-1-3-6-9;6-4-1-2-5(7)8-3-4;1-3-2;1-2(3)4;1-3-2;/h2-6,8,10-11,18H,7,9H2,1H3;1-3,5-6,8H,4,7H2;1-3H,(H2,7,8);1H3;1H3,(H,3,4);;1H/q;;;;;+1;. The van der Waals surface area contributed by atoms with Crippen LogP contribution in [0.25, 0.3) is 10.5 Å². The van der Waals surface area contributed by atoms with E-state index in [-0.39, 0.29) is 24.0 Å². The summed E-state index contributed by atoms with van der Waals surface area (Å²) in [5.41, 5.74) is 9.95. The Morgan fingerprint density at radius 2 is 1.47 bits per heavy atom. The van der Waals surface area contributed by atoms with Crippen molar-refractivity contribution < 1.29 is 28.0 Å². The fourth-order valence-electron chi connectivity index (χ4n) is 3.67. The highest BCUT2D eigenvalue weighted by Crippen LogP contribution is 2.22. The number of nitrogen functional groups attached to an aromatic ring is 1. The quantitative estimate of drug-likeness (QED) is 0.0896. The molecule has 0 saturated heterocycles. The molecule has 0 atom stereocenters. The molecule has 2 aromatic carbocycles. The fraction of sp³-hybridized carbons (Fsp3) is 0.206. The van der Waals surface area contributed by atoms with Gasteiger partial charge in [0.15, 0.2) is 0 Å². The monoisotopic (exact) mass is 1240 g/mol. The van der Waals surface area contributed by atoms with Gasteiger partial charge < -0.3 is 25.8 Å². The first-order valence-corrected chi connectivity index (χ1v) is 28.3. The summed E-state index contributed by atoms with van der Waals surface area (Å²) < 4.78 is 4.09. The number of carboxylic acids is 1. The number of aldehydes is 1. The first-order chi connectivity index (χ1) is 23.1. The number of carbonyl (C=O) groups excluding carboxylic acids is 1. The third kappa shape index (κ3) is 25.1. The van der Waals surface area contributed by atoms with Crippen LogP contribution in [0.4, 0.5) is 11.6 Å². The number of aromatic nitrogens is 3. The van der Waals surface area contributed by atoms with E-state index in [2.05, 4.69) is 113 Å².